The highest BCUT2D eigenvalue weighted by Gasteiger charge is 2.56. The average Bonchev–Trinajstić information content (AvgIpc) is 3.45. The van der Waals surface area contributed by atoms with Gasteiger partial charge in [0.25, 0.3) is 5.56 Å². The summed E-state index contributed by atoms with van der Waals surface area (Å²) in [7, 11) is 0. The summed E-state index contributed by atoms with van der Waals surface area (Å²) < 4.78 is 1.68. The van der Waals surface area contributed by atoms with E-state index >= 15 is 0 Å². The van der Waals surface area contributed by atoms with Crippen molar-refractivity contribution in [2.24, 2.45) is 29.1 Å². The minimum atomic E-state index is -0.268. The summed E-state index contributed by atoms with van der Waals surface area (Å²) in [5.74, 6) is 2.50. The fourth-order valence-corrected chi connectivity index (χ4v) is 5.41. The number of fused-ring (bicyclic) bond motifs is 2. The minimum absolute atomic E-state index is 0.0391. The van der Waals surface area contributed by atoms with E-state index in [2.05, 4.69) is 52.4 Å². The van der Waals surface area contributed by atoms with E-state index < -0.39 is 0 Å². The van der Waals surface area contributed by atoms with Crippen molar-refractivity contribution < 1.29 is 4.79 Å². The van der Waals surface area contributed by atoms with Gasteiger partial charge in [-0.15, -0.1) is 0 Å². The van der Waals surface area contributed by atoms with Gasteiger partial charge in [0.1, 0.15) is 11.0 Å². The molecule has 0 spiro atoms. The first kappa shape index (κ1) is 19.0. The van der Waals surface area contributed by atoms with Gasteiger partial charge in [-0.3, -0.25) is 9.59 Å². The van der Waals surface area contributed by atoms with Gasteiger partial charge < -0.3 is 10.6 Å². The van der Waals surface area contributed by atoms with E-state index in [-0.39, 0.29) is 18.0 Å². The van der Waals surface area contributed by atoms with Crippen molar-refractivity contribution in [3.8, 4) is 0 Å². The summed E-state index contributed by atoms with van der Waals surface area (Å²) in [6.45, 7) is 7.73. The number of nitrogens with one attached hydrogen (secondary N) is 2. The molecule has 148 valence electrons. The monoisotopic (exact) mass is 436 g/mol. The predicted octanol–water partition coefficient (Wildman–Crippen LogP) is 3.01. The molecule has 0 unspecified atom stereocenters. The molecule has 0 radical (unpaired) electrons. The van der Waals surface area contributed by atoms with Crippen LogP contribution in [0.5, 0.6) is 0 Å². The second-order valence-electron chi connectivity index (χ2n) is 9.29. The highest BCUT2D eigenvalue weighted by atomic mass is 79.9. The average molecular weight is 437 g/mol. The van der Waals surface area contributed by atoms with Crippen molar-refractivity contribution >= 4 is 27.5 Å². The Balaban J connectivity index is 1.41. The highest BCUT2D eigenvalue weighted by molar-refractivity contribution is 9.10. The largest absolute Gasteiger partial charge is 0.380 e. The lowest BCUT2D eigenvalue weighted by molar-refractivity contribution is -0.122. The summed E-state index contributed by atoms with van der Waals surface area (Å²) in [6.07, 6.45) is 6.48. The number of rotatable bonds is 6. The van der Waals surface area contributed by atoms with Gasteiger partial charge in [0.05, 0.1) is 11.9 Å². The zero-order chi connectivity index (χ0) is 19.3. The van der Waals surface area contributed by atoms with Gasteiger partial charge in [-0.1, -0.05) is 20.8 Å². The number of amides is 1. The van der Waals surface area contributed by atoms with Crippen molar-refractivity contribution in [3.63, 3.8) is 0 Å². The minimum Gasteiger partial charge on any atom is -0.380 e. The molecule has 27 heavy (non-hydrogen) atoms. The van der Waals surface area contributed by atoms with E-state index in [4.69, 9.17) is 0 Å². The van der Waals surface area contributed by atoms with Crippen molar-refractivity contribution in [3.05, 3.63) is 21.0 Å². The van der Waals surface area contributed by atoms with E-state index in [1.165, 1.54) is 23.9 Å². The van der Waals surface area contributed by atoms with Crippen LogP contribution in [0.25, 0.3) is 0 Å². The fraction of sp³-hybridized carbons (Fsp3) is 0.750. The molecule has 2 bridgehead atoms. The lowest BCUT2D eigenvalue weighted by atomic mass is 9.45. The normalized spacial score (nSPS) is 31.1. The molecule has 1 aromatic rings. The summed E-state index contributed by atoms with van der Waals surface area (Å²) in [5, 5.41) is 10.6. The molecule has 4 atom stereocenters. The van der Waals surface area contributed by atoms with Gasteiger partial charge in [-0.2, -0.15) is 5.10 Å². The third-order valence-electron chi connectivity index (χ3n) is 7.26. The molecule has 1 amide bonds. The van der Waals surface area contributed by atoms with E-state index in [0.29, 0.717) is 34.3 Å². The molecule has 7 heteroatoms. The maximum atomic E-state index is 12.6. The van der Waals surface area contributed by atoms with Crippen LogP contribution in [-0.4, -0.2) is 28.3 Å². The molecule has 0 saturated heterocycles. The van der Waals surface area contributed by atoms with Crippen LogP contribution in [0.3, 0.4) is 0 Å². The smallest absolute Gasteiger partial charge is 0.283 e. The quantitative estimate of drug-likeness (QED) is 0.718. The molecule has 1 heterocycles. The Labute approximate surface area is 168 Å². The van der Waals surface area contributed by atoms with Gasteiger partial charge in [0.15, 0.2) is 0 Å². The molecule has 4 aliphatic rings. The van der Waals surface area contributed by atoms with Crippen LogP contribution >= 0.6 is 15.9 Å². The zero-order valence-corrected chi connectivity index (χ0v) is 17.9. The Hall–Kier alpha value is -1.37. The van der Waals surface area contributed by atoms with E-state index in [1.54, 1.807) is 6.20 Å². The molecule has 4 saturated carbocycles. The van der Waals surface area contributed by atoms with Gasteiger partial charge in [0, 0.05) is 12.6 Å². The Kier molecular flexibility index (Phi) is 4.85. The first-order chi connectivity index (χ1) is 12.8. The molecular weight excluding hydrogens is 408 g/mol. The van der Waals surface area contributed by atoms with E-state index in [1.807, 2.05) is 0 Å². The standard InChI is InChI=1S/C20H29BrN4O2/c1-11-14-6-13(20(14,2)3)7-15(11)24-16-9-23-25(19(27)18(16)21)10-17(26)22-8-12-4-5-12/h9,11-15,24H,4-8,10H2,1-3H3,(H,22,26)/t11-,13+,14-,15-/m1/s1. The molecule has 2 N–H and O–H groups in total. The van der Waals surface area contributed by atoms with Crippen molar-refractivity contribution in [1.82, 2.24) is 15.1 Å². The molecule has 0 aliphatic heterocycles. The summed E-state index contributed by atoms with van der Waals surface area (Å²) in [4.78, 5) is 24.6. The molecule has 1 aromatic heterocycles. The Morgan fingerprint density at radius 2 is 2.11 bits per heavy atom. The summed E-state index contributed by atoms with van der Waals surface area (Å²) >= 11 is 3.42. The topological polar surface area (TPSA) is 76.0 Å². The maximum absolute atomic E-state index is 12.6. The Bertz CT molecular complexity index is 802. The lowest BCUT2D eigenvalue weighted by Crippen LogP contribution is -2.58. The van der Waals surface area contributed by atoms with E-state index in [0.717, 1.165) is 23.9 Å². The number of carbonyl (C=O) groups excluding carboxylic acids is 1. The van der Waals surface area contributed by atoms with Gasteiger partial charge in [-0.25, -0.2) is 4.68 Å². The number of carbonyl (C=O) groups is 1. The van der Waals surface area contributed by atoms with E-state index in [9.17, 15) is 9.59 Å². The molecule has 6 nitrogen and oxygen atoms in total. The van der Waals surface area contributed by atoms with Gasteiger partial charge in [0.2, 0.25) is 5.91 Å². The SMILES string of the molecule is C[C@@H]1[C@H]2C[C@@H](C[C@H]1Nc1cnn(CC(=O)NCC3CC3)c(=O)c1Br)C2(C)C. The number of nitrogens with zero attached hydrogens (tertiary/aromatic N) is 2. The summed E-state index contributed by atoms with van der Waals surface area (Å²) in [5.41, 5.74) is 0.894. The summed E-state index contributed by atoms with van der Waals surface area (Å²) in [6, 6.07) is 0.358. The second-order valence-corrected chi connectivity index (χ2v) is 10.1. The number of anilines is 1. The van der Waals surface area contributed by atoms with Crippen LogP contribution in [0.2, 0.25) is 0 Å². The molecule has 0 aromatic carbocycles. The fourth-order valence-electron chi connectivity index (χ4n) is 4.99. The predicted molar refractivity (Wildman–Crippen MR) is 109 cm³/mol. The first-order valence-corrected chi connectivity index (χ1v) is 10.9. The maximum Gasteiger partial charge on any atom is 0.283 e. The van der Waals surface area contributed by atoms with Crippen molar-refractivity contribution in [2.45, 2.75) is 59.0 Å². The Morgan fingerprint density at radius 1 is 1.37 bits per heavy atom. The van der Waals surface area contributed by atoms with Gasteiger partial charge >= 0.3 is 0 Å². The van der Waals surface area contributed by atoms with Crippen LogP contribution in [0.1, 0.15) is 46.5 Å². The molecule has 4 aliphatic carbocycles. The van der Waals surface area contributed by atoms with Gasteiger partial charge in [-0.05, 0) is 70.7 Å². The highest BCUT2D eigenvalue weighted by Crippen LogP contribution is 2.61. The van der Waals surface area contributed by atoms with Crippen LogP contribution in [-0.2, 0) is 11.3 Å². The van der Waals surface area contributed by atoms with Crippen LogP contribution in [0.15, 0.2) is 15.5 Å². The number of aromatic nitrogens is 2. The second kappa shape index (κ2) is 6.90. The third kappa shape index (κ3) is 3.55. The van der Waals surface area contributed by atoms with Crippen LogP contribution < -0.4 is 16.2 Å². The van der Waals surface area contributed by atoms with Crippen LogP contribution in [0.4, 0.5) is 5.69 Å². The van der Waals surface area contributed by atoms with Crippen molar-refractivity contribution in [1.29, 1.82) is 0 Å². The first-order valence-electron chi connectivity index (χ1n) is 10.1. The molecular formula is C20H29BrN4O2. The number of hydrogen-bond acceptors (Lipinski definition) is 4. The molecule has 4 fully saturated rings. The Morgan fingerprint density at radius 3 is 2.74 bits per heavy atom. The lowest BCUT2D eigenvalue weighted by Gasteiger charge is -2.62. The number of hydrogen-bond donors (Lipinski definition) is 2. The third-order valence-corrected chi connectivity index (χ3v) is 8.02. The number of halogens is 1. The zero-order valence-electron chi connectivity index (χ0n) is 16.3. The molecule has 5 rings (SSSR count). The van der Waals surface area contributed by atoms with Crippen LogP contribution in [0, 0.1) is 29.1 Å². The van der Waals surface area contributed by atoms with Crippen molar-refractivity contribution in [2.75, 3.05) is 11.9 Å².